The maximum absolute atomic E-state index is 11.0. The minimum absolute atomic E-state index is 0.363. The molecule has 0 amide bonds. The van der Waals surface area contributed by atoms with E-state index in [1.165, 1.54) is 4.90 Å². The average molecular weight is 201 g/mol. The highest BCUT2D eigenvalue weighted by molar-refractivity contribution is 5.84. The Bertz CT molecular complexity index is 263. The lowest BCUT2D eigenvalue weighted by atomic mass is 9.98. The Labute approximate surface area is 82.3 Å². The highest BCUT2D eigenvalue weighted by Gasteiger charge is 2.55. The number of hydrogen-bond donors (Lipinski definition) is 2. The van der Waals surface area contributed by atoms with Crippen molar-refractivity contribution in [2.75, 3.05) is 7.05 Å². The SMILES string of the molecule is CN1[C@](C)(C(=O)O)CC[C@]1(C)C(=O)O. The first-order valence-corrected chi connectivity index (χ1v) is 4.46. The van der Waals surface area contributed by atoms with Crippen LogP contribution in [0.15, 0.2) is 0 Å². The molecule has 1 saturated heterocycles. The molecule has 0 saturated carbocycles. The largest absolute Gasteiger partial charge is 0.480 e. The van der Waals surface area contributed by atoms with Gasteiger partial charge in [0.05, 0.1) is 0 Å². The quantitative estimate of drug-likeness (QED) is 0.676. The zero-order valence-electron chi connectivity index (χ0n) is 8.57. The Morgan fingerprint density at radius 1 is 1.07 bits per heavy atom. The minimum atomic E-state index is -1.06. The fourth-order valence-electron chi connectivity index (χ4n) is 1.87. The van der Waals surface area contributed by atoms with E-state index in [2.05, 4.69) is 0 Å². The molecule has 0 aromatic heterocycles. The molecule has 1 rings (SSSR count). The summed E-state index contributed by atoms with van der Waals surface area (Å²) in [4.78, 5) is 23.5. The molecule has 0 aromatic carbocycles. The van der Waals surface area contributed by atoms with Gasteiger partial charge in [-0.25, -0.2) is 0 Å². The molecule has 1 aliphatic rings. The van der Waals surface area contributed by atoms with Crippen LogP contribution in [0.1, 0.15) is 26.7 Å². The number of likely N-dealkylation sites (tertiary alicyclic amines) is 1. The second kappa shape index (κ2) is 2.95. The first-order chi connectivity index (χ1) is 6.25. The van der Waals surface area contributed by atoms with E-state index in [4.69, 9.17) is 10.2 Å². The van der Waals surface area contributed by atoms with Crippen LogP contribution >= 0.6 is 0 Å². The molecule has 1 heterocycles. The van der Waals surface area contributed by atoms with Crippen LogP contribution in [0.4, 0.5) is 0 Å². The van der Waals surface area contributed by atoms with Crippen LogP contribution in [0.25, 0.3) is 0 Å². The zero-order valence-corrected chi connectivity index (χ0v) is 8.57. The van der Waals surface area contributed by atoms with E-state index in [9.17, 15) is 9.59 Å². The molecule has 1 fully saturated rings. The van der Waals surface area contributed by atoms with E-state index in [1.807, 2.05) is 0 Å². The predicted molar refractivity (Wildman–Crippen MR) is 49.1 cm³/mol. The Hall–Kier alpha value is -1.10. The van der Waals surface area contributed by atoms with Gasteiger partial charge in [-0.15, -0.1) is 0 Å². The van der Waals surface area contributed by atoms with Crippen LogP contribution in [-0.4, -0.2) is 45.2 Å². The summed E-state index contributed by atoms with van der Waals surface area (Å²) in [6.45, 7) is 3.12. The van der Waals surface area contributed by atoms with Gasteiger partial charge in [0.2, 0.25) is 0 Å². The van der Waals surface area contributed by atoms with Gasteiger partial charge in [0.25, 0.3) is 0 Å². The third-order valence-corrected chi connectivity index (χ3v) is 3.50. The molecule has 1 aliphatic heterocycles. The summed E-state index contributed by atoms with van der Waals surface area (Å²) in [6, 6.07) is 0. The van der Waals surface area contributed by atoms with Crippen LogP contribution in [-0.2, 0) is 9.59 Å². The normalized spacial score (nSPS) is 38.5. The molecule has 0 bridgehead atoms. The van der Waals surface area contributed by atoms with Gasteiger partial charge in [-0.05, 0) is 33.7 Å². The van der Waals surface area contributed by atoms with Crippen molar-refractivity contribution >= 4 is 11.9 Å². The van der Waals surface area contributed by atoms with E-state index < -0.39 is 23.0 Å². The van der Waals surface area contributed by atoms with Crippen molar-refractivity contribution < 1.29 is 19.8 Å². The molecule has 14 heavy (non-hydrogen) atoms. The van der Waals surface area contributed by atoms with Crippen molar-refractivity contribution in [3.8, 4) is 0 Å². The van der Waals surface area contributed by atoms with Gasteiger partial charge in [0.15, 0.2) is 0 Å². The van der Waals surface area contributed by atoms with Crippen molar-refractivity contribution in [3.63, 3.8) is 0 Å². The molecule has 0 radical (unpaired) electrons. The Morgan fingerprint density at radius 3 is 1.50 bits per heavy atom. The zero-order chi connectivity index (χ0) is 11.1. The maximum Gasteiger partial charge on any atom is 0.323 e. The van der Waals surface area contributed by atoms with Crippen molar-refractivity contribution in [1.82, 2.24) is 4.90 Å². The Balaban J connectivity index is 3.05. The molecular weight excluding hydrogens is 186 g/mol. The van der Waals surface area contributed by atoms with Gasteiger partial charge in [-0.1, -0.05) is 0 Å². The molecule has 2 N–H and O–H groups in total. The molecule has 0 spiro atoms. The molecule has 0 unspecified atom stereocenters. The lowest BCUT2D eigenvalue weighted by molar-refractivity contribution is -0.156. The van der Waals surface area contributed by atoms with E-state index in [-0.39, 0.29) is 0 Å². The van der Waals surface area contributed by atoms with Crippen LogP contribution in [0.2, 0.25) is 0 Å². The Kier molecular flexibility index (Phi) is 2.31. The number of likely N-dealkylation sites (N-methyl/N-ethyl adjacent to an activating group) is 1. The van der Waals surface area contributed by atoms with E-state index in [0.717, 1.165) is 0 Å². The van der Waals surface area contributed by atoms with Crippen LogP contribution in [0.5, 0.6) is 0 Å². The molecule has 5 nitrogen and oxygen atoms in total. The third kappa shape index (κ3) is 1.19. The standard InChI is InChI=1S/C9H15NO4/c1-8(6(11)12)4-5-9(2,7(13)14)10(8)3/h4-5H2,1-3H3,(H,11,12)(H,13,14)/t8-,9+. The monoisotopic (exact) mass is 201 g/mol. The first-order valence-electron chi connectivity index (χ1n) is 4.46. The Morgan fingerprint density at radius 2 is 1.36 bits per heavy atom. The van der Waals surface area contributed by atoms with Gasteiger partial charge in [0, 0.05) is 0 Å². The van der Waals surface area contributed by atoms with Crippen LogP contribution in [0.3, 0.4) is 0 Å². The van der Waals surface area contributed by atoms with E-state index >= 15 is 0 Å². The number of rotatable bonds is 2. The van der Waals surface area contributed by atoms with E-state index in [1.54, 1.807) is 20.9 Å². The molecule has 5 heteroatoms. The lowest BCUT2D eigenvalue weighted by Gasteiger charge is -2.35. The molecule has 0 aromatic rings. The van der Waals surface area contributed by atoms with Gasteiger partial charge in [-0.2, -0.15) is 0 Å². The fourth-order valence-corrected chi connectivity index (χ4v) is 1.87. The minimum Gasteiger partial charge on any atom is -0.480 e. The number of carboxylic acids is 2. The number of nitrogens with zero attached hydrogens (tertiary/aromatic N) is 1. The van der Waals surface area contributed by atoms with Crippen molar-refractivity contribution in [3.05, 3.63) is 0 Å². The highest BCUT2D eigenvalue weighted by Crippen LogP contribution is 2.39. The predicted octanol–water partition coefficient (Wildman–Crippen LogP) is 0.399. The topological polar surface area (TPSA) is 77.8 Å². The highest BCUT2D eigenvalue weighted by atomic mass is 16.4. The molecule has 80 valence electrons. The van der Waals surface area contributed by atoms with Gasteiger partial charge >= 0.3 is 11.9 Å². The maximum atomic E-state index is 11.0. The number of hydrogen-bond acceptors (Lipinski definition) is 3. The van der Waals surface area contributed by atoms with Gasteiger partial charge in [0.1, 0.15) is 11.1 Å². The molecule has 0 aliphatic carbocycles. The second-order valence-corrected chi connectivity index (χ2v) is 4.22. The lowest BCUT2D eigenvalue weighted by Crippen LogP contribution is -2.56. The molecule has 2 atom stereocenters. The summed E-state index contributed by atoms with van der Waals surface area (Å²) >= 11 is 0. The number of aliphatic carboxylic acids is 2. The number of carboxylic acid groups (broad SMARTS) is 2. The third-order valence-electron chi connectivity index (χ3n) is 3.50. The van der Waals surface area contributed by atoms with Gasteiger partial charge < -0.3 is 10.2 Å². The summed E-state index contributed by atoms with van der Waals surface area (Å²) in [7, 11) is 1.55. The average Bonchev–Trinajstić information content (AvgIpc) is 2.32. The van der Waals surface area contributed by atoms with Crippen LogP contribution < -0.4 is 0 Å². The van der Waals surface area contributed by atoms with Crippen molar-refractivity contribution in [2.45, 2.75) is 37.8 Å². The van der Waals surface area contributed by atoms with Crippen molar-refractivity contribution in [1.29, 1.82) is 0 Å². The molecular formula is C9H15NO4. The second-order valence-electron chi connectivity index (χ2n) is 4.22. The van der Waals surface area contributed by atoms with Crippen molar-refractivity contribution in [2.24, 2.45) is 0 Å². The summed E-state index contributed by atoms with van der Waals surface area (Å²) in [5.41, 5.74) is -2.12. The summed E-state index contributed by atoms with van der Waals surface area (Å²) in [5, 5.41) is 18.0. The van der Waals surface area contributed by atoms with E-state index in [0.29, 0.717) is 12.8 Å². The summed E-state index contributed by atoms with van der Waals surface area (Å²) in [6.07, 6.45) is 0.725. The first kappa shape index (κ1) is 11.0. The number of carbonyl (C=O) groups is 2. The summed E-state index contributed by atoms with van der Waals surface area (Å²) < 4.78 is 0. The smallest absolute Gasteiger partial charge is 0.323 e. The van der Waals surface area contributed by atoms with Crippen LogP contribution in [0, 0.1) is 0 Å². The fraction of sp³-hybridized carbons (Fsp3) is 0.778. The summed E-state index contributed by atoms with van der Waals surface area (Å²) in [5.74, 6) is -1.94. The van der Waals surface area contributed by atoms with Gasteiger partial charge in [-0.3, -0.25) is 14.5 Å².